The van der Waals surface area contributed by atoms with Crippen molar-refractivity contribution in [1.82, 2.24) is 0 Å². The minimum Gasteiger partial charge on any atom is -0.495 e. The number of rotatable bonds is 6. The highest BCUT2D eigenvalue weighted by molar-refractivity contribution is 7.92. The Morgan fingerprint density at radius 1 is 1.04 bits per heavy atom. The molecule has 28 heavy (non-hydrogen) atoms. The van der Waals surface area contributed by atoms with Gasteiger partial charge in [-0.05, 0) is 54.7 Å². The molecule has 0 unspecified atom stereocenters. The maximum Gasteiger partial charge on any atom is 0.255 e. The summed E-state index contributed by atoms with van der Waals surface area (Å²) in [4.78, 5) is 12.6. The van der Waals surface area contributed by atoms with Crippen LogP contribution in [0.1, 0.15) is 53.9 Å². The number of benzene rings is 2. The van der Waals surface area contributed by atoms with Crippen LogP contribution >= 0.6 is 0 Å². The zero-order valence-electron chi connectivity index (χ0n) is 16.2. The van der Waals surface area contributed by atoms with Gasteiger partial charge in [-0.25, -0.2) is 8.42 Å². The lowest BCUT2D eigenvalue weighted by atomic mass is 9.84. The number of amides is 1. The van der Waals surface area contributed by atoms with Crippen molar-refractivity contribution in [3.05, 3.63) is 53.6 Å². The van der Waals surface area contributed by atoms with Gasteiger partial charge in [-0.3, -0.25) is 9.52 Å². The normalized spacial score (nSPS) is 15.1. The van der Waals surface area contributed by atoms with Gasteiger partial charge in [0.1, 0.15) is 5.75 Å². The van der Waals surface area contributed by atoms with Crippen LogP contribution in [0.3, 0.4) is 0 Å². The molecular formula is C21H26N2O4S. The van der Waals surface area contributed by atoms with Gasteiger partial charge < -0.3 is 10.1 Å². The largest absolute Gasteiger partial charge is 0.495 e. The van der Waals surface area contributed by atoms with Crippen molar-refractivity contribution in [2.45, 2.75) is 38.0 Å². The molecule has 0 atom stereocenters. The number of hydrogen-bond acceptors (Lipinski definition) is 4. The van der Waals surface area contributed by atoms with Crippen molar-refractivity contribution in [2.24, 2.45) is 0 Å². The molecule has 1 saturated carbocycles. The molecule has 0 heterocycles. The average Bonchev–Trinajstić information content (AvgIpc) is 2.68. The predicted octanol–water partition coefficient (Wildman–Crippen LogP) is 4.37. The minimum atomic E-state index is -3.47. The summed E-state index contributed by atoms with van der Waals surface area (Å²) in [6.07, 6.45) is 7.35. The molecule has 6 nitrogen and oxygen atoms in total. The Morgan fingerprint density at radius 2 is 1.71 bits per heavy atom. The number of sulfonamides is 1. The maximum absolute atomic E-state index is 12.6. The molecule has 2 N–H and O–H groups in total. The molecule has 1 aliphatic carbocycles. The first-order chi connectivity index (χ1) is 13.4. The molecule has 1 aliphatic rings. The standard InChI is InChI=1S/C21H26N2O4S/c1-27-20-13-12-18(14-19(20)23-28(2,25)26)22-21(24)17-10-8-16(9-11-17)15-6-4-3-5-7-15/h8-15,23H,3-7H2,1-2H3,(H,22,24). The summed E-state index contributed by atoms with van der Waals surface area (Å²) >= 11 is 0. The summed E-state index contributed by atoms with van der Waals surface area (Å²) in [5, 5.41) is 2.81. The molecule has 0 saturated heterocycles. The van der Waals surface area contributed by atoms with E-state index in [0.29, 0.717) is 22.9 Å². The zero-order chi connectivity index (χ0) is 20.1. The average molecular weight is 403 g/mol. The second kappa shape index (κ2) is 8.65. The second-order valence-electron chi connectivity index (χ2n) is 7.20. The van der Waals surface area contributed by atoms with E-state index in [1.54, 1.807) is 12.1 Å². The number of hydrogen-bond donors (Lipinski definition) is 2. The third kappa shape index (κ3) is 5.25. The van der Waals surface area contributed by atoms with Crippen molar-refractivity contribution in [1.29, 1.82) is 0 Å². The van der Waals surface area contributed by atoms with E-state index in [2.05, 4.69) is 10.0 Å². The van der Waals surface area contributed by atoms with Crippen LogP contribution < -0.4 is 14.8 Å². The van der Waals surface area contributed by atoms with Crippen LogP contribution in [0.4, 0.5) is 11.4 Å². The summed E-state index contributed by atoms with van der Waals surface area (Å²) in [7, 11) is -2.01. The molecule has 2 aromatic rings. The molecule has 0 radical (unpaired) electrons. The van der Waals surface area contributed by atoms with E-state index in [1.165, 1.54) is 50.8 Å². The van der Waals surface area contributed by atoms with E-state index in [0.717, 1.165) is 6.26 Å². The van der Waals surface area contributed by atoms with E-state index < -0.39 is 10.0 Å². The SMILES string of the molecule is COc1ccc(NC(=O)c2ccc(C3CCCCC3)cc2)cc1NS(C)(=O)=O. The lowest BCUT2D eigenvalue weighted by Gasteiger charge is -2.22. The smallest absolute Gasteiger partial charge is 0.255 e. The molecule has 150 valence electrons. The fraction of sp³-hybridized carbons (Fsp3) is 0.381. The van der Waals surface area contributed by atoms with E-state index >= 15 is 0 Å². The highest BCUT2D eigenvalue weighted by Gasteiger charge is 2.16. The van der Waals surface area contributed by atoms with Crippen LogP contribution in [0.2, 0.25) is 0 Å². The van der Waals surface area contributed by atoms with Gasteiger partial charge in [0.05, 0.1) is 19.1 Å². The van der Waals surface area contributed by atoms with Crippen LogP contribution in [0.25, 0.3) is 0 Å². The first-order valence-electron chi connectivity index (χ1n) is 9.43. The Hall–Kier alpha value is -2.54. The fourth-order valence-corrected chi connectivity index (χ4v) is 4.17. The van der Waals surface area contributed by atoms with Crippen LogP contribution in [0.5, 0.6) is 5.75 Å². The minimum absolute atomic E-state index is 0.245. The third-order valence-corrected chi connectivity index (χ3v) is 5.59. The third-order valence-electron chi connectivity index (χ3n) is 5.00. The van der Waals surface area contributed by atoms with E-state index in [1.807, 2.05) is 24.3 Å². The van der Waals surface area contributed by atoms with E-state index in [4.69, 9.17) is 4.74 Å². The monoisotopic (exact) mass is 402 g/mol. The van der Waals surface area contributed by atoms with Gasteiger partial charge >= 0.3 is 0 Å². The molecule has 1 amide bonds. The molecule has 0 spiro atoms. The Morgan fingerprint density at radius 3 is 2.32 bits per heavy atom. The molecule has 1 fully saturated rings. The van der Waals surface area contributed by atoms with Crippen molar-refractivity contribution in [2.75, 3.05) is 23.4 Å². The van der Waals surface area contributed by atoms with Gasteiger partial charge in [0, 0.05) is 11.3 Å². The Bertz CT molecular complexity index is 933. The maximum atomic E-state index is 12.6. The van der Waals surface area contributed by atoms with Crippen molar-refractivity contribution < 1.29 is 17.9 Å². The van der Waals surface area contributed by atoms with Crippen LogP contribution in [0.15, 0.2) is 42.5 Å². The summed E-state index contributed by atoms with van der Waals surface area (Å²) in [6.45, 7) is 0. The van der Waals surface area contributed by atoms with Gasteiger partial charge in [-0.1, -0.05) is 31.4 Å². The summed E-state index contributed by atoms with van der Waals surface area (Å²) in [5.74, 6) is 0.725. The van der Waals surface area contributed by atoms with Crippen LogP contribution in [-0.4, -0.2) is 27.7 Å². The second-order valence-corrected chi connectivity index (χ2v) is 8.95. The Kier molecular flexibility index (Phi) is 6.24. The number of carbonyl (C=O) groups excluding carboxylic acids is 1. The van der Waals surface area contributed by atoms with Crippen molar-refractivity contribution >= 4 is 27.3 Å². The molecule has 0 aromatic heterocycles. The Balaban J connectivity index is 1.72. The van der Waals surface area contributed by atoms with Gasteiger partial charge in [-0.2, -0.15) is 0 Å². The number of carbonyl (C=O) groups is 1. The fourth-order valence-electron chi connectivity index (χ4n) is 3.61. The highest BCUT2D eigenvalue weighted by Crippen LogP contribution is 2.33. The van der Waals surface area contributed by atoms with Crippen molar-refractivity contribution in [3.63, 3.8) is 0 Å². The van der Waals surface area contributed by atoms with Gasteiger partial charge in [0.25, 0.3) is 5.91 Å². The lowest BCUT2D eigenvalue weighted by Crippen LogP contribution is -2.14. The van der Waals surface area contributed by atoms with Gasteiger partial charge in [-0.15, -0.1) is 0 Å². The molecular weight excluding hydrogens is 376 g/mol. The zero-order valence-corrected chi connectivity index (χ0v) is 17.0. The predicted molar refractivity (Wildman–Crippen MR) is 112 cm³/mol. The quantitative estimate of drug-likeness (QED) is 0.752. The molecule has 2 aromatic carbocycles. The molecule has 0 bridgehead atoms. The summed E-state index contributed by atoms with van der Waals surface area (Å²) in [6, 6.07) is 12.6. The first kappa shape index (κ1) is 20.2. The topological polar surface area (TPSA) is 84.5 Å². The number of methoxy groups -OCH3 is 1. The lowest BCUT2D eigenvalue weighted by molar-refractivity contribution is 0.102. The summed E-state index contributed by atoms with van der Waals surface area (Å²) < 4.78 is 30.6. The molecule has 0 aliphatic heterocycles. The van der Waals surface area contributed by atoms with Crippen molar-refractivity contribution in [3.8, 4) is 5.75 Å². The molecule has 3 rings (SSSR count). The molecule has 7 heteroatoms. The number of ether oxygens (including phenoxy) is 1. The number of nitrogens with one attached hydrogen (secondary N) is 2. The van der Waals surface area contributed by atoms with E-state index in [9.17, 15) is 13.2 Å². The van der Waals surface area contributed by atoms with Gasteiger partial charge in [0.2, 0.25) is 10.0 Å². The van der Waals surface area contributed by atoms with E-state index in [-0.39, 0.29) is 11.6 Å². The van der Waals surface area contributed by atoms with Crippen LogP contribution in [0, 0.1) is 0 Å². The van der Waals surface area contributed by atoms with Gasteiger partial charge in [0.15, 0.2) is 0 Å². The number of anilines is 2. The Labute approximate surface area is 166 Å². The first-order valence-corrected chi connectivity index (χ1v) is 11.3. The van der Waals surface area contributed by atoms with Crippen LogP contribution in [-0.2, 0) is 10.0 Å². The highest BCUT2D eigenvalue weighted by atomic mass is 32.2. The summed E-state index contributed by atoms with van der Waals surface area (Å²) in [5.41, 5.74) is 2.61.